The number of nitrogens with zero attached hydrogens (tertiary/aromatic N) is 2. The molecule has 2 aromatic carbocycles. The van der Waals surface area contributed by atoms with Crippen LogP contribution in [-0.2, 0) is 32.1 Å². The molecule has 3 aliphatic rings. The molecule has 3 aliphatic heterocycles. The van der Waals surface area contributed by atoms with Gasteiger partial charge < -0.3 is 29.3 Å². The zero-order chi connectivity index (χ0) is 25.7. The molecule has 9 heteroatoms. The molecule has 1 fully saturated rings. The molecule has 2 aromatic rings. The van der Waals surface area contributed by atoms with Crippen LogP contribution in [0.3, 0.4) is 0 Å². The van der Waals surface area contributed by atoms with Gasteiger partial charge in [-0.3, -0.25) is 14.4 Å². The maximum atomic E-state index is 12.8. The molecule has 36 heavy (non-hydrogen) atoms. The summed E-state index contributed by atoms with van der Waals surface area (Å²) in [5.74, 6) is 1.37. The second-order valence-corrected chi connectivity index (χ2v) is 9.26. The van der Waals surface area contributed by atoms with Gasteiger partial charge in [-0.15, -0.1) is 0 Å². The molecule has 5 rings (SSSR count). The molecule has 0 radical (unpaired) electrons. The van der Waals surface area contributed by atoms with Gasteiger partial charge in [0.25, 0.3) is 0 Å². The lowest BCUT2D eigenvalue weighted by molar-refractivity contribution is -0.138. The molecule has 3 heterocycles. The molecular weight excluding hydrogens is 462 g/mol. The first kappa shape index (κ1) is 25.5. The number of amides is 3. The molecule has 9 nitrogen and oxygen atoms in total. The summed E-state index contributed by atoms with van der Waals surface area (Å²) in [6.45, 7) is 2.70. The highest BCUT2D eigenvalue weighted by molar-refractivity contribution is 5.85. The lowest BCUT2D eigenvalue weighted by atomic mass is 10.0. The van der Waals surface area contributed by atoms with Crippen LogP contribution in [0.1, 0.15) is 30.9 Å². The van der Waals surface area contributed by atoms with Gasteiger partial charge in [0.2, 0.25) is 17.7 Å². The highest BCUT2D eigenvalue weighted by Gasteiger charge is 2.32. The topological polar surface area (TPSA) is 97.4 Å². The third-order valence-electron chi connectivity index (χ3n) is 6.60. The number of nitrogens with one attached hydrogen (secondary N) is 1. The quantitative estimate of drug-likeness (QED) is 0.653. The average molecular weight is 496 g/mol. The molecule has 0 saturated carbocycles. The summed E-state index contributed by atoms with van der Waals surface area (Å²) >= 11 is 0. The third kappa shape index (κ3) is 6.34. The molecule has 0 aromatic heterocycles. The Morgan fingerprint density at radius 1 is 1.11 bits per heavy atom. The Morgan fingerprint density at radius 3 is 2.72 bits per heavy atom. The number of aryl methyl sites for hydroxylation is 1. The van der Waals surface area contributed by atoms with Gasteiger partial charge in [0.05, 0.1) is 32.4 Å². The van der Waals surface area contributed by atoms with Crippen molar-refractivity contribution in [2.45, 2.75) is 44.9 Å². The normalized spacial score (nSPS) is 21.4. The summed E-state index contributed by atoms with van der Waals surface area (Å²) in [7, 11) is 3.20. The SMILES string of the molecule is COc1cc2ccc1Oc1cccc(c1)CO[C@H]1CN(C(C)=O)CC[C@@H]1NC(=O)CN(C)C(=O)CC2. The summed E-state index contributed by atoms with van der Waals surface area (Å²) in [5, 5.41) is 3.02. The maximum absolute atomic E-state index is 12.8. The van der Waals surface area contributed by atoms with Crippen LogP contribution in [0.2, 0.25) is 0 Å². The average Bonchev–Trinajstić information content (AvgIpc) is 2.86. The monoisotopic (exact) mass is 495 g/mol. The van der Waals surface area contributed by atoms with E-state index in [1.807, 2.05) is 42.5 Å². The van der Waals surface area contributed by atoms with E-state index >= 15 is 0 Å². The van der Waals surface area contributed by atoms with Crippen molar-refractivity contribution in [1.82, 2.24) is 15.1 Å². The fraction of sp³-hybridized carbons (Fsp3) is 0.444. The number of hydrogen-bond acceptors (Lipinski definition) is 6. The Bertz CT molecular complexity index is 1120. The lowest BCUT2D eigenvalue weighted by Gasteiger charge is -2.38. The van der Waals surface area contributed by atoms with Gasteiger partial charge in [0, 0.05) is 33.5 Å². The van der Waals surface area contributed by atoms with Crippen molar-refractivity contribution < 1.29 is 28.6 Å². The van der Waals surface area contributed by atoms with Crippen LogP contribution in [0.25, 0.3) is 0 Å². The number of rotatable bonds is 1. The minimum Gasteiger partial charge on any atom is -0.493 e. The minimum atomic E-state index is -0.383. The van der Waals surface area contributed by atoms with E-state index in [4.69, 9.17) is 14.2 Å². The number of hydrogen-bond donors (Lipinski definition) is 1. The van der Waals surface area contributed by atoms with Gasteiger partial charge in [-0.05, 0) is 48.2 Å². The number of ether oxygens (including phenoxy) is 3. The van der Waals surface area contributed by atoms with Crippen LogP contribution in [-0.4, -0.2) is 73.5 Å². The number of methoxy groups -OCH3 is 1. The molecule has 0 aliphatic carbocycles. The molecule has 3 amide bonds. The molecule has 1 N–H and O–H groups in total. The minimum absolute atomic E-state index is 0.0283. The van der Waals surface area contributed by atoms with E-state index in [-0.39, 0.29) is 49.4 Å². The highest BCUT2D eigenvalue weighted by Crippen LogP contribution is 2.33. The van der Waals surface area contributed by atoms with Crippen molar-refractivity contribution in [3.63, 3.8) is 0 Å². The van der Waals surface area contributed by atoms with E-state index in [0.29, 0.717) is 43.2 Å². The summed E-state index contributed by atoms with van der Waals surface area (Å²) in [5.41, 5.74) is 1.84. The standard InChI is InChI=1S/C27H33N3O6/c1-18(31)30-12-11-22-25(15-30)35-17-20-5-4-6-21(13-20)36-23-9-7-19(14-24(23)34-3)8-10-27(33)29(2)16-26(32)28-22/h4-7,9,13-14,22,25H,8,10-12,15-17H2,1-3H3,(H,28,32)/t22-,25-/m0/s1. The summed E-state index contributed by atoms with van der Waals surface area (Å²) < 4.78 is 17.9. The fourth-order valence-electron chi connectivity index (χ4n) is 4.52. The van der Waals surface area contributed by atoms with E-state index < -0.39 is 0 Å². The van der Waals surface area contributed by atoms with Gasteiger partial charge in [-0.2, -0.15) is 0 Å². The van der Waals surface area contributed by atoms with Gasteiger partial charge in [0.1, 0.15) is 5.75 Å². The first-order chi connectivity index (χ1) is 17.3. The van der Waals surface area contributed by atoms with Crippen molar-refractivity contribution in [2.24, 2.45) is 0 Å². The maximum Gasteiger partial charge on any atom is 0.239 e. The van der Waals surface area contributed by atoms with Crippen LogP contribution >= 0.6 is 0 Å². The molecule has 1 saturated heterocycles. The lowest BCUT2D eigenvalue weighted by Crippen LogP contribution is -2.57. The molecule has 0 spiro atoms. The van der Waals surface area contributed by atoms with Crippen LogP contribution < -0.4 is 14.8 Å². The Morgan fingerprint density at radius 2 is 1.94 bits per heavy atom. The molecule has 0 unspecified atom stereocenters. The fourth-order valence-corrected chi connectivity index (χ4v) is 4.52. The zero-order valence-corrected chi connectivity index (χ0v) is 21.0. The van der Waals surface area contributed by atoms with Crippen molar-refractivity contribution in [2.75, 3.05) is 33.8 Å². The Hall–Kier alpha value is -3.59. The number of carbonyl (C=O) groups excluding carboxylic acids is 3. The third-order valence-corrected chi connectivity index (χ3v) is 6.60. The number of likely N-dealkylation sites (N-methyl/N-ethyl adjacent to an activating group) is 1. The van der Waals surface area contributed by atoms with Crippen molar-refractivity contribution >= 4 is 17.7 Å². The summed E-state index contributed by atoms with van der Waals surface area (Å²) in [6, 6.07) is 12.9. The molecule has 4 bridgehead atoms. The molecule has 192 valence electrons. The van der Waals surface area contributed by atoms with Crippen molar-refractivity contribution in [3.8, 4) is 17.2 Å². The molecular formula is C27H33N3O6. The summed E-state index contributed by atoms with van der Waals surface area (Å²) in [4.78, 5) is 40.6. The zero-order valence-electron chi connectivity index (χ0n) is 21.0. The number of benzene rings is 2. The number of likely N-dealkylation sites (tertiary alicyclic amines) is 1. The first-order valence-corrected chi connectivity index (χ1v) is 12.2. The van der Waals surface area contributed by atoms with Gasteiger partial charge >= 0.3 is 0 Å². The number of carbonyl (C=O) groups is 3. The van der Waals surface area contributed by atoms with E-state index in [2.05, 4.69) is 5.32 Å². The van der Waals surface area contributed by atoms with E-state index in [0.717, 1.165) is 11.1 Å². The van der Waals surface area contributed by atoms with E-state index in [1.54, 1.807) is 19.1 Å². The van der Waals surface area contributed by atoms with Crippen LogP contribution in [0.4, 0.5) is 0 Å². The van der Waals surface area contributed by atoms with Gasteiger partial charge in [-0.1, -0.05) is 18.2 Å². The van der Waals surface area contributed by atoms with E-state index in [9.17, 15) is 14.4 Å². The van der Waals surface area contributed by atoms with Crippen molar-refractivity contribution in [3.05, 3.63) is 53.6 Å². The number of fused-ring (bicyclic) bond motifs is 9. The Balaban J connectivity index is 1.61. The van der Waals surface area contributed by atoms with Crippen LogP contribution in [0.5, 0.6) is 17.2 Å². The predicted molar refractivity (Wildman–Crippen MR) is 133 cm³/mol. The van der Waals surface area contributed by atoms with Crippen LogP contribution in [0, 0.1) is 0 Å². The largest absolute Gasteiger partial charge is 0.493 e. The second-order valence-electron chi connectivity index (χ2n) is 9.26. The Kier molecular flexibility index (Phi) is 8.10. The predicted octanol–water partition coefficient (Wildman–Crippen LogP) is 2.51. The highest BCUT2D eigenvalue weighted by atomic mass is 16.5. The first-order valence-electron chi connectivity index (χ1n) is 12.2. The Labute approximate surface area is 211 Å². The van der Waals surface area contributed by atoms with Crippen LogP contribution in [0.15, 0.2) is 42.5 Å². The van der Waals surface area contributed by atoms with Gasteiger partial charge in [-0.25, -0.2) is 0 Å². The van der Waals surface area contributed by atoms with Gasteiger partial charge in [0.15, 0.2) is 11.5 Å². The smallest absolute Gasteiger partial charge is 0.239 e. The van der Waals surface area contributed by atoms with Crippen molar-refractivity contribution in [1.29, 1.82) is 0 Å². The molecule has 2 atom stereocenters. The number of piperidine rings is 1. The summed E-state index contributed by atoms with van der Waals surface area (Å²) in [6.07, 6.45) is 0.963. The second kappa shape index (κ2) is 11.4. The van der Waals surface area contributed by atoms with E-state index in [1.165, 1.54) is 11.8 Å².